The number of hydrogen-bond donors (Lipinski definition) is 2. The fourth-order valence-electron chi connectivity index (χ4n) is 1.37. The van der Waals surface area contributed by atoms with Crippen LogP contribution in [0.4, 0.5) is 17.1 Å². The molecule has 0 atom stereocenters. The van der Waals surface area contributed by atoms with Crippen LogP contribution in [-0.2, 0) is 0 Å². The highest BCUT2D eigenvalue weighted by Crippen LogP contribution is 2.31. The standard InChI is InChI=1S/C12H9Cl2IN2/c13-9-5-7(15)1-3-11(9)17-12-4-2-8(16)6-10(12)14/h1-6,17H,16H2. The van der Waals surface area contributed by atoms with Crippen molar-refractivity contribution in [2.75, 3.05) is 11.1 Å². The highest BCUT2D eigenvalue weighted by Gasteiger charge is 2.04. The Morgan fingerprint density at radius 2 is 1.53 bits per heavy atom. The molecule has 0 fully saturated rings. The van der Waals surface area contributed by atoms with Crippen molar-refractivity contribution in [3.63, 3.8) is 0 Å². The van der Waals surface area contributed by atoms with Crippen LogP contribution in [0.5, 0.6) is 0 Å². The van der Waals surface area contributed by atoms with Crippen LogP contribution in [-0.4, -0.2) is 0 Å². The predicted octanol–water partition coefficient (Wildman–Crippen LogP) is 4.92. The fraction of sp³-hybridized carbons (Fsp3) is 0. The topological polar surface area (TPSA) is 38.0 Å². The molecule has 0 unspecified atom stereocenters. The van der Waals surface area contributed by atoms with Gasteiger partial charge in [-0.05, 0) is 59.0 Å². The number of rotatable bonds is 2. The number of hydrogen-bond acceptors (Lipinski definition) is 2. The zero-order valence-corrected chi connectivity index (χ0v) is 12.3. The molecular weight excluding hydrogens is 370 g/mol. The quantitative estimate of drug-likeness (QED) is 0.574. The number of halogens is 3. The minimum absolute atomic E-state index is 0.569. The number of nitrogens with one attached hydrogen (secondary N) is 1. The second kappa shape index (κ2) is 5.33. The van der Waals surface area contributed by atoms with Crippen molar-refractivity contribution in [2.45, 2.75) is 0 Å². The summed E-state index contributed by atoms with van der Waals surface area (Å²) >= 11 is 14.4. The maximum absolute atomic E-state index is 6.13. The van der Waals surface area contributed by atoms with Crippen molar-refractivity contribution in [1.82, 2.24) is 0 Å². The second-order valence-corrected chi connectivity index (χ2v) is 5.55. The largest absolute Gasteiger partial charge is 0.399 e. The van der Waals surface area contributed by atoms with Gasteiger partial charge in [0.25, 0.3) is 0 Å². The third-order valence-electron chi connectivity index (χ3n) is 2.19. The van der Waals surface area contributed by atoms with Gasteiger partial charge >= 0.3 is 0 Å². The summed E-state index contributed by atoms with van der Waals surface area (Å²) in [5.41, 5.74) is 7.86. The minimum atomic E-state index is 0.569. The van der Waals surface area contributed by atoms with E-state index < -0.39 is 0 Å². The molecule has 0 aliphatic heterocycles. The Bertz CT molecular complexity index is 509. The van der Waals surface area contributed by atoms with Gasteiger partial charge in [0.1, 0.15) is 0 Å². The summed E-state index contributed by atoms with van der Waals surface area (Å²) in [5, 5.41) is 4.40. The van der Waals surface area contributed by atoms with E-state index in [4.69, 9.17) is 28.9 Å². The molecule has 0 aliphatic rings. The highest BCUT2D eigenvalue weighted by molar-refractivity contribution is 14.1. The molecule has 0 amide bonds. The molecule has 2 rings (SSSR count). The van der Waals surface area contributed by atoms with Gasteiger partial charge in [0.2, 0.25) is 0 Å². The number of benzene rings is 2. The Kier molecular flexibility index (Phi) is 4.01. The molecule has 0 spiro atoms. The molecule has 5 heteroatoms. The lowest BCUT2D eigenvalue weighted by molar-refractivity contribution is 1.53. The molecule has 17 heavy (non-hydrogen) atoms. The molecular formula is C12H9Cl2IN2. The summed E-state index contributed by atoms with van der Waals surface area (Å²) in [6.07, 6.45) is 0. The van der Waals surface area contributed by atoms with Gasteiger partial charge < -0.3 is 11.1 Å². The number of nitrogen functional groups attached to an aromatic ring is 1. The van der Waals surface area contributed by atoms with Crippen LogP contribution in [0, 0.1) is 3.57 Å². The van der Waals surface area contributed by atoms with Gasteiger partial charge in [0, 0.05) is 9.26 Å². The van der Waals surface area contributed by atoms with Gasteiger partial charge in [-0.3, -0.25) is 0 Å². The summed E-state index contributed by atoms with van der Waals surface area (Å²) < 4.78 is 1.08. The van der Waals surface area contributed by atoms with Crippen molar-refractivity contribution < 1.29 is 0 Å². The first-order chi connectivity index (χ1) is 8.06. The van der Waals surface area contributed by atoms with E-state index in [2.05, 4.69) is 27.9 Å². The average Bonchev–Trinajstić information content (AvgIpc) is 2.25. The van der Waals surface area contributed by atoms with E-state index in [1.54, 1.807) is 12.1 Å². The smallest absolute Gasteiger partial charge is 0.0661 e. The SMILES string of the molecule is Nc1ccc(Nc2ccc(I)cc2Cl)c(Cl)c1. The van der Waals surface area contributed by atoms with Gasteiger partial charge in [0.05, 0.1) is 21.4 Å². The first kappa shape index (κ1) is 12.8. The van der Waals surface area contributed by atoms with Gasteiger partial charge in [0.15, 0.2) is 0 Å². The Labute approximate surface area is 123 Å². The third-order valence-corrected chi connectivity index (χ3v) is 3.49. The van der Waals surface area contributed by atoms with Crippen LogP contribution in [0.15, 0.2) is 36.4 Å². The van der Waals surface area contributed by atoms with Gasteiger partial charge in [-0.15, -0.1) is 0 Å². The summed E-state index contributed by atoms with van der Waals surface area (Å²) in [6, 6.07) is 11.1. The Morgan fingerprint density at radius 1 is 0.941 bits per heavy atom. The van der Waals surface area contributed by atoms with Crippen molar-refractivity contribution in [3.05, 3.63) is 50.0 Å². The van der Waals surface area contributed by atoms with E-state index in [-0.39, 0.29) is 0 Å². The molecule has 0 saturated heterocycles. The van der Waals surface area contributed by atoms with Gasteiger partial charge in [-0.1, -0.05) is 23.2 Å². The predicted molar refractivity (Wildman–Crippen MR) is 83.3 cm³/mol. The monoisotopic (exact) mass is 378 g/mol. The van der Waals surface area contributed by atoms with Gasteiger partial charge in [-0.2, -0.15) is 0 Å². The summed E-state index contributed by atoms with van der Waals surface area (Å²) in [5.74, 6) is 0. The van der Waals surface area contributed by atoms with Crippen LogP contribution < -0.4 is 11.1 Å². The van der Waals surface area contributed by atoms with Crippen molar-refractivity contribution in [2.24, 2.45) is 0 Å². The fourth-order valence-corrected chi connectivity index (χ4v) is 2.51. The Hall–Kier alpha value is -0.650. The molecule has 3 N–H and O–H groups in total. The lowest BCUT2D eigenvalue weighted by Gasteiger charge is -2.10. The van der Waals surface area contributed by atoms with Gasteiger partial charge in [-0.25, -0.2) is 0 Å². The molecule has 2 aromatic rings. The van der Waals surface area contributed by atoms with Crippen molar-refractivity contribution in [1.29, 1.82) is 0 Å². The Balaban J connectivity index is 2.31. The van der Waals surface area contributed by atoms with Crippen LogP contribution in [0.25, 0.3) is 0 Å². The van der Waals surface area contributed by atoms with Crippen molar-refractivity contribution in [3.8, 4) is 0 Å². The van der Waals surface area contributed by atoms with Crippen LogP contribution >= 0.6 is 45.8 Å². The maximum atomic E-state index is 6.13. The molecule has 0 saturated carbocycles. The van der Waals surface area contributed by atoms with Crippen LogP contribution in [0.2, 0.25) is 10.0 Å². The van der Waals surface area contributed by atoms with E-state index in [0.717, 1.165) is 14.9 Å². The second-order valence-electron chi connectivity index (χ2n) is 3.49. The molecule has 88 valence electrons. The highest BCUT2D eigenvalue weighted by atomic mass is 127. The lowest BCUT2D eigenvalue weighted by Crippen LogP contribution is -1.93. The maximum Gasteiger partial charge on any atom is 0.0661 e. The molecule has 0 heterocycles. The summed E-state index contributed by atoms with van der Waals surface area (Å²) in [4.78, 5) is 0. The normalized spacial score (nSPS) is 10.3. The van der Waals surface area contributed by atoms with Crippen LogP contribution in [0.1, 0.15) is 0 Å². The summed E-state index contributed by atoms with van der Waals surface area (Å²) in [7, 11) is 0. The first-order valence-corrected chi connectivity index (χ1v) is 6.67. The van der Waals surface area contributed by atoms with E-state index in [1.165, 1.54) is 0 Å². The summed E-state index contributed by atoms with van der Waals surface area (Å²) in [6.45, 7) is 0. The lowest BCUT2D eigenvalue weighted by atomic mass is 10.2. The molecule has 0 radical (unpaired) electrons. The zero-order chi connectivity index (χ0) is 12.4. The third kappa shape index (κ3) is 3.18. The average molecular weight is 379 g/mol. The van der Waals surface area contributed by atoms with E-state index in [9.17, 15) is 0 Å². The molecule has 2 nitrogen and oxygen atoms in total. The molecule has 0 aromatic heterocycles. The van der Waals surface area contributed by atoms with Crippen molar-refractivity contribution >= 4 is 62.9 Å². The molecule has 2 aromatic carbocycles. The molecule has 0 bridgehead atoms. The molecule has 0 aliphatic carbocycles. The van der Waals surface area contributed by atoms with E-state index in [1.807, 2.05) is 24.3 Å². The first-order valence-electron chi connectivity index (χ1n) is 4.83. The van der Waals surface area contributed by atoms with E-state index in [0.29, 0.717) is 15.7 Å². The number of nitrogens with two attached hydrogens (primary N) is 1. The van der Waals surface area contributed by atoms with E-state index >= 15 is 0 Å². The van der Waals surface area contributed by atoms with Crippen LogP contribution in [0.3, 0.4) is 0 Å². The number of anilines is 3. The zero-order valence-electron chi connectivity index (χ0n) is 8.68. The Morgan fingerprint density at radius 3 is 2.12 bits per heavy atom. The minimum Gasteiger partial charge on any atom is -0.399 e.